The van der Waals surface area contributed by atoms with E-state index in [1.165, 1.54) is 11.3 Å². The van der Waals surface area contributed by atoms with Gasteiger partial charge in [0, 0.05) is 9.72 Å². The summed E-state index contributed by atoms with van der Waals surface area (Å²) in [5.41, 5.74) is 1.22. The maximum Gasteiger partial charge on any atom is 0.274 e. The summed E-state index contributed by atoms with van der Waals surface area (Å²) in [6.07, 6.45) is 0. The number of rotatable bonds is 3. The highest BCUT2D eigenvalue weighted by molar-refractivity contribution is 9.10. The normalized spacial score (nSPS) is 12.0. The molecule has 0 unspecified atom stereocenters. The number of nitrogens with zero attached hydrogens (tertiary/aromatic N) is 1. The zero-order valence-electron chi connectivity index (χ0n) is 11.5. The van der Waals surface area contributed by atoms with Gasteiger partial charge in [-0.15, -0.1) is 11.3 Å². The first-order valence-corrected chi connectivity index (χ1v) is 9.60. The third kappa shape index (κ3) is 2.64. The minimum Gasteiger partial charge on any atom is -0.336 e. The fraction of sp³-hybridized carbons (Fsp3) is 0.154. The van der Waals surface area contributed by atoms with Crippen molar-refractivity contribution >= 4 is 64.9 Å². The molecule has 0 radical (unpaired) electrons. The first-order chi connectivity index (χ1) is 10.3. The van der Waals surface area contributed by atoms with E-state index in [1.54, 1.807) is 26.0 Å². The van der Waals surface area contributed by atoms with E-state index in [-0.39, 0.29) is 10.1 Å². The first kappa shape index (κ1) is 15.8. The van der Waals surface area contributed by atoms with Crippen molar-refractivity contribution in [2.75, 3.05) is 4.72 Å². The average molecular weight is 422 g/mol. The Morgan fingerprint density at radius 1 is 1.36 bits per heavy atom. The highest BCUT2D eigenvalue weighted by atomic mass is 79.9. The number of hydrogen-bond donors (Lipinski definition) is 1. The summed E-state index contributed by atoms with van der Waals surface area (Å²) in [6, 6.07) is 5.30. The molecule has 0 spiro atoms. The van der Waals surface area contributed by atoms with E-state index in [1.807, 2.05) is 6.07 Å². The van der Waals surface area contributed by atoms with Gasteiger partial charge in [-0.25, -0.2) is 13.1 Å². The maximum atomic E-state index is 12.6. The van der Waals surface area contributed by atoms with Gasteiger partial charge in [-0.05, 0) is 58.9 Å². The zero-order chi connectivity index (χ0) is 16.1. The fourth-order valence-electron chi connectivity index (χ4n) is 2.02. The monoisotopic (exact) mass is 420 g/mol. The quantitative estimate of drug-likeness (QED) is 0.664. The summed E-state index contributed by atoms with van der Waals surface area (Å²) >= 11 is 10.4. The molecule has 0 aliphatic carbocycles. The maximum absolute atomic E-state index is 12.6. The molecular formula is C13H10BrClN2O3S2. The number of hydrogen-bond acceptors (Lipinski definition) is 5. The number of aryl methyl sites for hydroxylation is 2. The Balaban J connectivity index is 2.09. The lowest BCUT2D eigenvalue weighted by Crippen LogP contribution is -2.12. The van der Waals surface area contributed by atoms with Crippen LogP contribution in [-0.4, -0.2) is 13.6 Å². The van der Waals surface area contributed by atoms with Gasteiger partial charge >= 0.3 is 0 Å². The molecule has 2 aromatic heterocycles. The Kier molecular flexibility index (Phi) is 3.96. The van der Waals surface area contributed by atoms with Crippen molar-refractivity contribution < 1.29 is 12.9 Å². The Morgan fingerprint density at radius 2 is 2.09 bits per heavy atom. The Hall–Kier alpha value is -1.09. The third-order valence-corrected chi connectivity index (χ3v) is 7.51. The van der Waals surface area contributed by atoms with Crippen molar-refractivity contribution in [3.8, 4) is 0 Å². The molecule has 1 aromatic carbocycles. The molecule has 5 nitrogen and oxygen atoms in total. The van der Waals surface area contributed by atoms with Gasteiger partial charge in [0.05, 0.1) is 5.69 Å². The Bertz CT molecular complexity index is 979. The molecule has 9 heteroatoms. The van der Waals surface area contributed by atoms with Crippen molar-refractivity contribution in [3.05, 3.63) is 39.0 Å². The summed E-state index contributed by atoms with van der Waals surface area (Å²) in [5.74, 6) is 0.0624. The summed E-state index contributed by atoms with van der Waals surface area (Å²) in [7, 11) is -3.77. The van der Waals surface area contributed by atoms with Crippen LogP contribution in [0.15, 0.2) is 31.4 Å². The lowest BCUT2D eigenvalue weighted by Gasteiger charge is -2.04. The second-order valence-corrected chi connectivity index (χ2v) is 8.83. The molecule has 0 saturated carbocycles. The average Bonchev–Trinajstić information content (AvgIpc) is 2.94. The highest BCUT2D eigenvalue weighted by Gasteiger charge is 2.25. The Morgan fingerprint density at radius 3 is 2.73 bits per heavy atom. The van der Waals surface area contributed by atoms with E-state index in [0.29, 0.717) is 20.8 Å². The van der Waals surface area contributed by atoms with Gasteiger partial charge < -0.3 is 4.52 Å². The van der Waals surface area contributed by atoms with Crippen LogP contribution in [0.25, 0.3) is 10.1 Å². The topological polar surface area (TPSA) is 72.2 Å². The van der Waals surface area contributed by atoms with Crippen molar-refractivity contribution in [3.63, 3.8) is 0 Å². The molecule has 22 heavy (non-hydrogen) atoms. The summed E-state index contributed by atoms with van der Waals surface area (Å²) in [5, 5.41) is 5.10. The van der Waals surface area contributed by atoms with E-state index >= 15 is 0 Å². The van der Waals surface area contributed by atoms with E-state index in [4.69, 9.17) is 16.1 Å². The van der Waals surface area contributed by atoms with Crippen molar-refractivity contribution in [2.45, 2.75) is 18.1 Å². The number of anilines is 1. The van der Waals surface area contributed by atoms with E-state index in [9.17, 15) is 8.42 Å². The van der Waals surface area contributed by atoms with Gasteiger partial charge in [0.15, 0.2) is 0 Å². The number of aromatic nitrogens is 1. The lowest BCUT2D eigenvalue weighted by molar-refractivity contribution is 0.430. The predicted octanol–water partition coefficient (Wildman–Crippen LogP) is 4.72. The van der Waals surface area contributed by atoms with Crippen LogP contribution < -0.4 is 4.72 Å². The molecule has 1 N–H and O–H groups in total. The fourth-order valence-corrected chi connectivity index (χ4v) is 5.31. The third-order valence-electron chi connectivity index (χ3n) is 3.12. The molecule has 3 rings (SSSR count). The molecule has 0 fully saturated rings. The highest BCUT2D eigenvalue weighted by Crippen LogP contribution is 2.37. The van der Waals surface area contributed by atoms with Crippen LogP contribution in [0.5, 0.6) is 0 Å². The number of nitrogens with one attached hydrogen (secondary N) is 1. The van der Waals surface area contributed by atoms with Gasteiger partial charge in [-0.2, -0.15) is 0 Å². The minimum absolute atomic E-state index is 0.0624. The van der Waals surface area contributed by atoms with Gasteiger partial charge in [0.2, 0.25) is 0 Å². The van der Waals surface area contributed by atoms with E-state index in [2.05, 4.69) is 25.8 Å². The summed E-state index contributed by atoms with van der Waals surface area (Å²) < 4.78 is 34.2. The second-order valence-electron chi connectivity index (χ2n) is 4.67. The molecule has 0 aliphatic rings. The zero-order valence-corrected chi connectivity index (χ0v) is 15.5. The van der Waals surface area contributed by atoms with E-state index in [0.717, 1.165) is 10.1 Å². The van der Waals surface area contributed by atoms with Crippen LogP contribution in [0.2, 0.25) is 5.02 Å². The Labute approximate surface area is 144 Å². The number of sulfonamides is 1. The van der Waals surface area contributed by atoms with Crippen molar-refractivity contribution in [2.24, 2.45) is 0 Å². The first-order valence-electron chi connectivity index (χ1n) is 6.13. The molecule has 3 aromatic rings. The van der Waals surface area contributed by atoms with Crippen LogP contribution in [-0.2, 0) is 10.0 Å². The van der Waals surface area contributed by atoms with Gasteiger partial charge in [-0.3, -0.25) is 0 Å². The summed E-state index contributed by atoms with van der Waals surface area (Å²) in [6.45, 7) is 3.46. The molecule has 0 amide bonds. The lowest BCUT2D eigenvalue weighted by atomic mass is 10.2. The van der Waals surface area contributed by atoms with E-state index < -0.39 is 10.0 Å². The largest absolute Gasteiger partial charge is 0.336 e. The number of benzene rings is 1. The second kappa shape index (κ2) is 5.52. The molecule has 116 valence electrons. The smallest absolute Gasteiger partial charge is 0.274 e. The molecular weight excluding hydrogens is 412 g/mol. The van der Waals surface area contributed by atoms with Crippen LogP contribution in [0.4, 0.5) is 5.88 Å². The van der Waals surface area contributed by atoms with Crippen molar-refractivity contribution in [1.82, 2.24) is 5.16 Å². The van der Waals surface area contributed by atoms with Gasteiger partial charge in [0.1, 0.15) is 8.68 Å². The van der Waals surface area contributed by atoms with Gasteiger partial charge in [0.25, 0.3) is 15.9 Å². The van der Waals surface area contributed by atoms with Gasteiger partial charge in [-0.1, -0.05) is 16.8 Å². The number of halogens is 2. The summed E-state index contributed by atoms with van der Waals surface area (Å²) in [4.78, 5) is 0. The van der Waals surface area contributed by atoms with Crippen molar-refractivity contribution in [1.29, 1.82) is 0 Å². The number of thiophene rings is 1. The SMILES string of the molecule is Cc1noc(NS(=O)(=O)c2sc3ccc(Cl)cc3c2C)c1Br. The molecule has 0 aliphatic heterocycles. The molecule has 0 saturated heterocycles. The standard InChI is InChI=1S/C13H10BrClN2O3S2/c1-6-9-5-8(15)3-4-10(9)21-13(6)22(18,19)17-12-11(14)7(2)16-20-12/h3-5,17H,1-2H3. The van der Waals surface area contributed by atoms with Crippen LogP contribution in [0, 0.1) is 13.8 Å². The number of fused-ring (bicyclic) bond motifs is 1. The van der Waals surface area contributed by atoms with Crippen LogP contribution in [0.3, 0.4) is 0 Å². The van der Waals surface area contributed by atoms with Crippen LogP contribution in [0.1, 0.15) is 11.3 Å². The van der Waals surface area contributed by atoms with Crippen LogP contribution >= 0.6 is 38.9 Å². The molecule has 0 atom stereocenters. The molecule has 0 bridgehead atoms. The predicted molar refractivity (Wildman–Crippen MR) is 91.3 cm³/mol. The minimum atomic E-state index is -3.77. The molecule has 2 heterocycles.